The van der Waals surface area contributed by atoms with Crippen LogP contribution in [0.2, 0.25) is 0 Å². The number of rotatable bonds is 3. The fourth-order valence-electron chi connectivity index (χ4n) is 1.50. The van der Waals surface area contributed by atoms with Crippen molar-refractivity contribution in [1.29, 1.82) is 0 Å². The topological polar surface area (TPSA) is 81.1 Å². The summed E-state index contributed by atoms with van der Waals surface area (Å²) in [6.45, 7) is 0. The van der Waals surface area contributed by atoms with Gasteiger partial charge in [-0.25, -0.2) is 9.07 Å². The Labute approximate surface area is 96.3 Å². The van der Waals surface area contributed by atoms with E-state index in [4.69, 9.17) is 10.8 Å². The number of carboxylic acid groups (broad SMARTS) is 1. The molecular formula is C11H10FN3O2. The molecule has 0 spiro atoms. The van der Waals surface area contributed by atoms with Crippen LogP contribution in [0.1, 0.15) is 5.69 Å². The first-order valence-electron chi connectivity index (χ1n) is 4.88. The first-order chi connectivity index (χ1) is 8.06. The molecule has 2 rings (SSSR count). The summed E-state index contributed by atoms with van der Waals surface area (Å²) in [4.78, 5) is 10.5. The van der Waals surface area contributed by atoms with Gasteiger partial charge in [-0.3, -0.25) is 4.79 Å². The summed E-state index contributed by atoms with van der Waals surface area (Å²) in [5.41, 5.74) is 6.47. The number of hydrogen-bond acceptors (Lipinski definition) is 3. The van der Waals surface area contributed by atoms with Crippen molar-refractivity contribution in [2.24, 2.45) is 0 Å². The second-order valence-electron chi connectivity index (χ2n) is 3.52. The Bertz CT molecular complexity index is 566. The van der Waals surface area contributed by atoms with Crippen molar-refractivity contribution >= 4 is 11.8 Å². The van der Waals surface area contributed by atoms with Gasteiger partial charge in [0, 0.05) is 6.07 Å². The predicted molar refractivity (Wildman–Crippen MR) is 59.3 cm³/mol. The Hall–Kier alpha value is -2.37. The molecule has 5 nitrogen and oxygen atoms in total. The van der Waals surface area contributed by atoms with Crippen LogP contribution in [0.5, 0.6) is 0 Å². The van der Waals surface area contributed by atoms with E-state index in [1.807, 2.05) is 0 Å². The SMILES string of the molecule is Nc1cc(CC(=O)O)nn1-c1cccc(F)c1. The molecule has 0 bridgehead atoms. The van der Waals surface area contributed by atoms with Crippen molar-refractivity contribution in [1.82, 2.24) is 9.78 Å². The lowest BCUT2D eigenvalue weighted by Crippen LogP contribution is -2.04. The predicted octanol–water partition coefficient (Wildman–Crippen LogP) is 1.22. The Balaban J connectivity index is 2.39. The van der Waals surface area contributed by atoms with Crippen molar-refractivity contribution in [2.75, 3.05) is 5.73 Å². The van der Waals surface area contributed by atoms with Gasteiger partial charge in [-0.15, -0.1) is 0 Å². The maximum atomic E-state index is 13.0. The van der Waals surface area contributed by atoms with E-state index in [1.165, 1.54) is 28.9 Å². The van der Waals surface area contributed by atoms with Crippen LogP contribution < -0.4 is 5.73 Å². The zero-order valence-corrected chi connectivity index (χ0v) is 8.80. The minimum absolute atomic E-state index is 0.216. The van der Waals surface area contributed by atoms with Gasteiger partial charge in [-0.1, -0.05) is 6.07 Å². The third-order valence-electron chi connectivity index (χ3n) is 2.17. The van der Waals surface area contributed by atoms with E-state index in [9.17, 15) is 9.18 Å². The van der Waals surface area contributed by atoms with Crippen molar-refractivity contribution in [3.8, 4) is 5.69 Å². The zero-order chi connectivity index (χ0) is 12.4. The van der Waals surface area contributed by atoms with Crippen molar-refractivity contribution in [2.45, 2.75) is 6.42 Å². The fourth-order valence-corrected chi connectivity index (χ4v) is 1.50. The standard InChI is InChI=1S/C11H10FN3O2/c12-7-2-1-3-9(4-7)15-10(13)5-8(14-15)6-11(16)17/h1-5H,6,13H2,(H,16,17). The van der Waals surface area contributed by atoms with Crippen LogP contribution in [-0.4, -0.2) is 20.9 Å². The molecule has 17 heavy (non-hydrogen) atoms. The van der Waals surface area contributed by atoms with E-state index in [0.717, 1.165) is 0 Å². The first kappa shape index (κ1) is 11.1. The van der Waals surface area contributed by atoms with Crippen molar-refractivity contribution in [3.63, 3.8) is 0 Å². The summed E-state index contributed by atoms with van der Waals surface area (Å²) >= 11 is 0. The van der Waals surface area contributed by atoms with E-state index in [1.54, 1.807) is 6.07 Å². The van der Waals surface area contributed by atoms with Gasteiger partial charge >= 0.3 is 5.97 Å². The van der Waals surface area contributed by atoms with Gasteiger partial charge < -0.3 is 10.8 Å². The summed E-state index contributed by atoms with van der Waals surface area (Å²) < 4.78 is 14.3. The maximum absolute atomic E-state index is 13.0. The number of nitrogens with zero attached hydrogens (tertiary/aromatic N) is 2. The van der Waals surface area contributed by atoms with Crippen LogP contribution in [0.4, 0.5) is 10.2 Å². The summed E-state index contributed by atoms with van der Waals surface area (Å²) in [6.07, 6.45) is -0.216. The zero-order valence-electron chi connectivity index (χ0n) is 8.80. The number of carboxylic acids is 1. The van der Waals surface area contributed by atoms with Crippen LogP contribution in [0.15, 0.2) is 30.3 Å². The molecular weight excluding hydrogens is 225 g/mol. The molecule has 1 aromatic heterocycles. The minimum atomic E-state index is -0.992. The molecule has 0 amide bonds. The lowest BCUT2D eigenvalue weighted by molar-refractivity contribution is -0.136. The van der Waals surface area contributed by atoms with Gasteiger partial charge in [0.1, 0.15) is 11.6 Å². The minimum Gasteiger partial charge on any atom is -0.481 e. The Kier molecular flexibility index (Phi) is 2.78. The highest BCUT2D eigenvalue weighted by Crippen LogP contribution is 2.15. The normalized spacial score (nSPS) is 10.4. The quantitative estimate of drug-likeness (QED) is 0.838. The Morgan fingerprint density at radius 1 is 1.47 bits per heavy atom. The molecule has 0 radical (unpaired) electrons. The number of nitrogens with two attached hydrogens (primary N) is 1. The highest BCUT2D eigenvalue weighted by Gasteiger charge is 2.10. The summed E-state index contributed by atoms with van der Waals surface area (Å²) in [6, 6.07) is 7.20. The average molecular weight is 235 g/mol. The number of benzene rings is 1. The maximum Gasteiger partial charge on any atom is 0.309 e. The molecule has 0 aliphatic carbocycles. The molecule has 0 aliphatic rings. The Morgan fingerprint density at radius 2 is 2.24 bits per heavy atom. The molecule has 0 fully saturated rings. The van der Waals surface area contributed by atoms with Gasteiger partial charge in [-0.05, 0) is 18.2 Å². The van der Waals surface area contributed by atoms with Gasteiger partial charge in [-0.2, -0.15) is 5.10 Å². The van der Waals surface area contributed by atoms with Crippen LogP contribution in [0.3, 0.4) is 0 Å². The largest absolute Gasteiger partial charge is 0.481 e. The number of aliphatic carboxylic acids is 1. The lowest BCUT2D eigenvalue weighted by atomic mass is 10.3. The molecule has 0 unspecified atom stereocenters. The van der Waals surface area contributed by atoms with E-state index in [2.05, 4.69) is 5.10 Å². The number of carbonyl (C=O) groups is 1. The smallest absolute Gasteiger partial charge is 0.309 e. The second-order valence-corrected chi connectivity index (χ2v) is 3.52. The number of anilines is 1. The van der Waals surface area contributed by atoms with Gasteiger partial charge in [0.15, 0.2) is 0 Å². The molecule has 2 aromatic rings. The number of nitrogen functional groups attached to an aromatic ring is 1. The molecule has 3 N–H and O–H groups in total. The van der Waals surface area contributed by atoms with E-state index >= 15 is 0 Å². The molecule has 0 saturated carbocycles. The van der Waals surface area contributed by atoms with E-state index in [-0.39, 0.29) is 12.2 Å². The average Bonchev–Trinajstić information content (AvgIpc) is 2.58. The van der Waals surface area contributed by atoms with Crippen molar-refractivity contribution < 1.29 is 14.3 Å². The summed E-state index contributed by atoms with van der Waals surface area (Å²) in [7, 11) is 0. The van der Waals surface area contributed by atoms with Gasteiger partial charge in [0.2, 0.25) is 0 Å². The van der Waals surface area contributed by atoms with E-state index < -0.39 is 11.8 Å². The fraction of sp³-hybridized carbons (Fsp3) is 0.0909. The second kappa shape index (κ2) is 4.25. The van der Waals surface area contributed by atoms with Gasteiger partial charge in [0.05, 0.1) is 17.8 Å². The third kappa shape index (κ3) is 2.41. The molecule has 6 heteroatoms. The summed E-state index contributed by atoms with van der Waals surface area (Å²) in [5.74, 6) is -1.13. The molecule has 88 valence electrons. The lowest BCUT2D eigenvalue weighted by Gasteiger charge is -2.03. The highest BCUT2D eigenvalue weighted by molar-refractivity contribution is 5.70. The van der Waals surface area contributed by atoms with Crippen molar-refractivity contribution in [3.05, 3.63) is 41.8 Å². The molecule has 1 heterocycles. The van der Waals surface area contributed by atoms with Crippen LogP contribution in [0, 0.1) is 5.82 Å². The molecule has 1 aromatic carbocycles. The van der Waals surface area contributed by atoms with Crippen LogP contribution in [-0.2, 0) is 11.2 Å². The van der Waals surface area contributed by atoms with Gasteiger partial charge in [0.25, 0.3) is 0 Å². The van der Waals surface area contributed by atoms with E-state index in [0.29, 0.717) is 11.4 Å². The molecule has 0 atom stereocenters. The highest BCUT2D eigenvalue weighted by atomic mass is 19.1. The number of aromatic nitrogens is 2. The molecule has 0 saturated heterocycles. The third-order valence-corrected chi connectivity index (χ3v) is 2.17. The number of hydrogen-bond donors (Lipinski definition) is 2. The van der Waals surface area contributed by atoms with Crippen LogP contribution >= 0.6 is 0 Å². The molecule has 0 aliphatic heterocycles. The monoisotopic (exact) mass is 235 g/mol. The van der Waals surface area contributed by atoms with Crippen LogP contribution in [0.25, 0.3) is 5.69 Å². The Morgan fingerprint density at radius 3 is 2.88 bits per heavy atom. The first-order valence-corrected chi connectivity index (χ1v) is 4.88. The number of halogens is 1. The summed E-state index contributed by atoms with van der Waals surface area (Å²) in [5, 5.41) is 12.6.